The van der Waals surface area contributed by atoms with Gasteiger partial charge in [0.05, 0.1) is 4.92 Å². The Morgan fingerprint density at radius 3 is 2.34 bits per heavy atom. The Kier molecular flexibility index (Phi) is 5.94. The molecule has 3 aromatic carbocycles. The van der Waals surface area contributed by atoms with Gasteiger partial charge in [-0.2, -0.15) is 0 Å². The first-order chi connectivity index (χ1) is 15.5. The van der Waals surface area contributed by atoms with Crippen molar-refractivity contribution in [2.75, 3.05) is 5.32 Å². The number of nitrogens with zero attached hydrogens (tertiary/aromatic N) is 1. The molecule has 0 radical (unpaired) electrons. The van der Waals surface area contributed by atoms with Crippen LogP contribution in [0.25, 0.3) is 10.9 Å². The molecule has 0 aliphatic carbocycles. The summed E-state index contributed by atoms with van der Waals surface area (Å²) in [5, 5.41) is 17.4. The molecule has 0 saturated carbocycles. The van der Waals surface area contributed by atoms with E-state index in [2.05, 4.69) is 15.6 Å². The largest absolute Gasteiger partial charge is 0.361 e. The van der Waals surface area contributed by atoms with Crippen LogP contribution in [-0.2, 0) is 11.2 Å². The van der Waals surface area contributed by atoms with E-state index in [4.69, 9.17) is 0 Å². The van der Waals surface area contributed by atoms with Crippen molar-refractivity contribution < 1.29 is 14.5 Å². The van der Waals surface area contributed by atoms with E-state index in [0.717, 1.165) is 16.5 Å². The van der Waals surface area contributed by atoms with Gasteiger partial charge in [-0.1, -0.05) is 36.4 Å². The Hall–Kier alpha value is -4.46. The number of aromatic nitrogens is 1. The van der Waals surface area contributed by atoms with Crippen molar-refractivity contribution in [3.05, 3.63) is 106 Å². The average molecular weight is 428 g/mol. The first-order valence-corrected chi connectivity index (χ1v) is 9.97. The normalized spacial score (nSPS) is 11.6. The van der Waals surface area contributed by atoms with Gasteiger partial charge in [0.1, 0.15) is 6.04 Å². The summed E-state index contributed by atoms with van der Waals surface area (Å²) < 4.78 is 0. The highest BCUT2D eigenvalue weighted by molar-refractivity contribution is 6.01. The highest BCUT2D eigenvalue weighted by Crippen LogP contribution is 2.20. The first kappa shape index (κ1) is 20.8. The minimum absolute atomic E-state index is 0.0734. The summed E-state index contributed by atoms with van der Waals surface area (Å²) in [6.45, 7) is 0. The number of nitro groups is 1. The number of carbonyl (C=O) groups excluding carboxylic acids is 2. The first-order valence-electron chi connectivity index (χ1n) is 9.97. The molecule has 1 heterocycles. The van der Waals surface area contributed by atoms with Gasteiger partial charge in [-0.25, -0.2) is 0 Å². The van der Waals surface area contributed by atoms with E-state index in [-0.39, 0.29) is 18.0 Å². The molecular weight excluding hydrogens is 408 g/mol. The van der Waals surface area contributed by atoms with Crippen molar-refractivity contribution in [2.24, 2.45) is 0 Å². The SMILES string of the molecule is O=C(N[C@@H](Cc1c[nH]c2ccccc12)C(=O)Nc1ccc([N+](=O)[O-])cc1)c1ccccc1. The smallest absolute Gasteiger partial charge is 0.269 e. The van der Waals surface area contributed by atoms with E-state index < -0.39 is 16.9 Å². The second-order valence-corrected chi connectivity index (χ2v) is 7.25. The number of amides is 2. The van der Waals surface area contributed by atoms with E-state index in [1.807, 2.05) is 36.5 Å². The van der Waals surface area contributed by atoms with Gasteiger partial charge in [-0.15, -0.1) is 0 Å². The fraction of sp³-hybridized carbons (Fsp3) is 0.0833. The zero-order valence-corrected chi connectivity index (χ0v) is 16.9. The molecule has 0 spiro atoms. The summed E-state index contributed by atoms with van der Waals surface area (Å²) in [5.41, 5.74) is 2.60. The van der Waals surface area contributed by atoms with Crippen LogP contribution in [-0.4, -0.2) is 27.8 Å². The van der Waals surface area contributed by atoms with Crippen molar-refractivity contribution >= 4 is 34.1 Å². The molecule has 0 saturated heterocycles. The number of fused-ring (bicyclic) bond motifs is 1. The molecule has 0 bridgehead atoms. The second kappa shape index (κ2) is 9.13. The standard InChI is InChI=1S/C24H20N4O4/c29-23(16-6-2-1-3-7-16)27-22(14-17-15-25-21-9-5-4-8-20(17)21)24(30)26-18-10-12-19(13-11-18)28(31)32/h1-13,15,22,25H,14H2,(H,26,30)(H,27,29)/t22-/m0/s1. The number of nitro benzene ring substituents is 1. The van der Waals surface area contributed by atoms with Crippen molar-refractivity contribution in [1.29, 1.82) is 0 Å². The van der Waals surface area contributed by atoms with Crippen molar-refractivity contribution in [3.63, 3.8) is 0 Å². The van der Waals surface area contributed by atoms with Gasteiger partial charge in [-0.3, -0.25) is 19.7 Å². The third-order valence-electron chi connectivity index (χ3n) is 5.10. The highest BCUT2D eigenvalue weighted by atomic mass is 16.6. The topological polar surface area (TPSA) is 117 Å². The van der Waals surface area contributed by atoms with E-state index in [1.54, 1.807) is 24.3 Å². The average Bonchev–Trinajstić information content (AvgIpc) is 3.22. The van der Waals surface area contributed by atoms with Gasteiger partial charge in [0.15, 0.2) is 0 Å². The number of anilines is 1. The predicted molar refractivity (Wildman–Crippen MR) is 121 cm³/mol. The molecule has 1 atom stereocenters. The maximum Gasteiger partial charge on any atom is 0.269 e. The van der Waals surface area contributed by atoms with Crippen molar-refractivity contribution in [1.82, 2.24) is 10.3 Å². The predicted octanol–water partition coefficient (Wildman–Crippen LogP) is 4.06. The number of hydrogen-bond acceptors (Lipinski definition) is 4. The van der Waals surface area contributed by atoms with Crippen LogP contribution in [0.3, 0.4) is 0 Å². The molecule has 8 nitrogen and oxygen atoms in total. The fourth-order valence-electron chi connectivity index (χ4n) is 3.46. The highest BCUT2D eigenvalue weighted by Gasteiger charge is 2.23. The number of aromatic amines is 1. The number of H-pyrrole nitrogens is 1. The van der Waals surface area contributed by atoms with Crippen molar-refractivity contribution in [3.8, 4) is 0 Å². The molecule has 4 rings (SSSR count). The lowest BCUT2D eigenvalue weighted by molar-refractivity contribution is -0.384. The Balaban J connectivity index is 1.57. The third-order valence-corrected chi connectivity index (χ3v) is 5.10. The molecule has 0 fully saturated rings. The van der Waals surface area contributed by atoms with Crippen LogP contribution in [0.5, 0.6) is 0 Å². The van der Waals surface area contributed by atoms with Crippen LogP contribution in [0.15, 0.2) is 85.1 Å². The van der Waals surface area contributed by atoms with Crippen molar-refractivity contribution in [2.45, 2.75) is 12.5 Å². The van der Waals surface area contributed by atoms with Gasteiger partial charge >= 0.3 is 0 Å². The van der Waals surface area contributed by atoms with Crippen LogP contribution in [0.1, 0.15) is 15.9 Å². The third kappa shape index (κ3) is 4.65. The Bertz CT molecular complexity index is 1270. The zero-order chi connectivity index (χ0) is 22.5. The minimum Gasteiger partial charge on any atom is -0.361 e. The summed E-state index contributed by atoms with van der Waals surface area (Å²) >= 11 is 0. The minimum atomic E-state index is -0.864. The molecule has 4 aromatic rings. The van der Waals surface area contributed by atoms with Gasteiger partial charge in [0, 0.05) is 46.9 Å². The van der Waals surface area contributed by atoms with Gasteiger partial charge in [0.25, 0.3) is 11.6 Å². The monoisotopic (exact) mass is 428 g/mol. The Labute approximate surface area is 183 Å². The lowest BCUT2D eigenvalue weighted by Gasteiger charge is -2.18. The molecule has 0 aliphatic heterocycles. The number of hydrogen-bond donors (Lipinski definition) is 3. The molecule has 1 aromatic heterocycles. The van der Waals surface area contributed by atoms with Gasteiger partial charge in [-0.05, 0) is 35.9 Å². The molecule has 3 N–H and O–H groups in total. The van der Waals surface area contributed by atoms with E-state index >= 15 is 0 Å². The zero-order valence-electron chi connectivity index (χ0n) is 16.9. The summed E-state index contributed by atoms with van der Waals surface area (Å²) in [5.74, 6) is -0.789. The van der Waals surface area contributed by atoms with E-state index in [9.17, 15) is 19.7 Å². The van der Waals surface area contributed by atoms with E-state index in [1.165, 1.54) is 24.3 Å². The number of non-ortho nitro benzene ring substituents is 1. The van der Waals surface area contributed by atoms with Crippen LogP contribution in [0.4, 0.5) is 11.4 Å². The summed E-state index contributed by atoms with van der Waals surface area (Å²) in [7, 11) is 0. The number of rotatable bonds is 7. The number of benzene rings is 3. The van der Waals surface area contributed by atoms with Crippen LogP contribution in [0.2, 0.25) is 0 Å². The second-order valence-electron chi connectivity index (χ2n) is 7.25. The fourth-order valence-corrected chi connectivity index (χ4v) is 3.46. The maximum atomic E-state index is 13.1. The van der Waals surface area contributed by atoms with E-state index in [0.29, 0.717) is 11.3 Å². The Morgan fingerprint density at radius 1 is 0.938 bits per heavy atom. The molecule has 0 aliphatic rings. The molecule has 160 valence electrons. The van der Waals surface area contributed by atoms with Crippen LogP contribution >= 0.6 is 0 Å². The quantitative estimate of drug-likeness (QED) is 0.304. The number of carbonyl (C=O) groups is 2. The molecule has 32 heavy (non-hydrogen) atoms. The molecule has 2 amide bonds. The van der Waals surface area contributed by atoms with Gasteiger partial charge < -0.3 is 15.6 Å². The van der Waals surface area contributed by atoms with Crippen LogP contribution in [0, 0.1) is 10.1 Å². The summed E-state index contributed by atoms with van der Waals surface area (Å²) in [6.07, 6.45) is 2.09. The lowest BCUT2D eigenvalue weighted by atomic mass is 10.0. The molecule has 8 heteroatoms. The van der Waals surface area contributed by atoms with Crippen LogP contribution < -0.4 is 10.6 Å². The molecular formula is C24H20N4O4. The number of nitrogens with one attached hydrogen (secondary N) is 3. The summed E-state index contributed by atoms with van der Waals surface area (Å²) in [4.78, 5) is 39.4. The summed E-state index contributed by atoms with van der Waals surface area (Å²) in [6, 6.07) is 21.0. The Morgan fingerprint density at radius 2 is 1.62 bits per heavy atom. The maximum absolute atomic E-state index is 13.1. The lowest BCUT2D eigenvalue weighted by Crippen LogP contribution is -2.45. The molecule has 0 unspecified atom stereocenters. The van der Waals surface area contributed by atoms with Gasteiger partial charge in [0.2, 0.25) is 5.91 Å². The number of para-hydroxylation sites is 1.